The van der Waals surface area contributed by atoms with Gasteiger partial charge in [-0.2, -0.15) is 0 Å². The number of likely N-dealkylation sites (tertiary alicyclic amines) is 1. The van der Waals surface area contributed by atoms with Gasteiger partial charge in [-0.15, -0.1) is 0 Å². The summed E-state index contributed by atoms with van der Waals surface area (Å²) in [6.45, 7) is 7.23. The Bertz CT molecular complexity index is 305. The third-order valence-corrected chi connectivity index (χ3v) is 3.38. The van der Waals surface area contributed by atoms with Crippen LogP contribution in [-0.4, -0.2) is 47.1 Å². The molecule has 0 unspecified atom stereocenters. The van der Waals surface area contributed by atoms with E-state index < -0.39 is 12.0 Å². The average molecular weight is 256 g/mol. The Hall–Kier alpha value is -1.10. The lowest BCUT2D eigenvalue weighted by atomic mass is 10.0. The largest absolute Gasteiger partial charge is 0.480 e. The van der Waals surface area contributed by atoms with Crippen molar-refractivity contribution in [3.05, 3.63) is 0 Å². The van der Waals surface area contributed by atoms with E-state index in [0.29, 0.717) is 19.0 Å². The van der Waals surface area contributed by atoms with Gasteiger partial charge in [0.15, 0.2) is 0 Å². The van der Waals surface area contributed by atoms with Gasteiger partial charge < -0.3 is 10.4 Å². The van der Waals surface area contributed by atoms with Crippen LogP contribution in [0.2, 0.25) is 0 Å². The van der Waals surface area contributed by atoms with Crippen molar-refractivity contribution < 1.29 is 14.7 Å². The maximum atomic E-state index is 11.8. The lowest BCUT2D eigenvalue weighted by molar-refractivity contribution is -0.142. The third-order valence-electron chi connectivity index (χ3n) is 3.38. The van der Waals surface area contributed by atoms with Crippen molar-refractivity contribution in [3.8, 4) is 0 Å². The van der Waals surface area contributed by atoms with Crippen molar-refractivity contribution in [2.75, 3.05) is 13.1 Å². The number of nitrogens with one attached hydrogen (secondary N) is 1. The molecule has 1 rings (SSSR count). The Morgan fingerprint density at radius 1 is 1.44 bits per heavy atom. The number of hydrogen-bond donors (Lipinski definition) is 2. The molecule has 0 aromatic carbocycles. The van der Waals surface area contributed by atoms with Crippen LogP contribution in [-0.2, 0) is 9.59 Å². The number of carboxylic acid groups (broad SMARTS) is 1. The first kappa shape index (κ1) is 15.0. The van der Waals surface area contributed by atoms with Gasteiger partial charge in [0.2, 0.25) is 5.91 Å². The SMILES string of the molecule is CC(C)C[C@@H](NC(=O)CN1CCC[C@H]1C)C(=O)O. The van der Waals surface area contributed by atoms with Crippen molar-refractivity contribution in [1.82, 2.24) is 10.2 Å². The monoisotopic (exact) mass is 256 g/mol. The van der Waals surface area contributed by atoms with Gasteiger partial charge in [-0.25, -0.2) is 4.79 Å². The molecular formula is C13H24N2O3. The van der Waals surface area contributed by atoms with Crippen molar-refractivity contribution in [1.29, 1.82) is 0 Å². The molecule has 1 fully saturated rings. The molecule has 1 saturated heterocycles. The Balaban J connectivity index is 2.43. The zero-order valence-corrected chi connectivity index (χ0v) is 11.5. The Labute approximate surface area is 109 Å². The molecule has 104 valence electrons. The maximum Gasteiger partial charge on any atom is 0.326 e. The predicted octanol–water partition coefficient (Wildman–Crippen LogP) is 1.09. The third kappa shape index (κ3) is 4.64. The van der Waals surface area contributed by atoms with Crippen molar-refractivity contribution in [2.24, 2.45) is 5.92 Å². The summed E-state index contributed by atoms with van der Waals surface area (Å²) >= 11 is 0. The molecule has 5 heteroatoms. The van der Waals surface area contributed by atoms with Gasteiger partial charge in [-0.1, -0.05) is 13.8 Å². The van der Waals surface area contributed by atoms with Crippen LogP contribution in [0.4, 0.5) is 0 Å². The fraction of sp³-hybridized carbons (Fsp3) is 0.846. The lowest BCUT2D eigenvalue weighted by Crippen LogP contribution is -2.46. The summed E-state index contributed by atoms with van der Waals surface area (Å²) in [7, 11) is 0. The number of hydrogen-bond acceptors (Lipinski definition) is 3. The van der Waals surface area contributed by atoms with Gasteiger partial charge in [0.1, 0.15) is 6.04 Å². The van der Waals surface area contributed by atoms with Crippen molar-refractivity contribution >= 4 is 11.9 Å². The summed E-state index contributed by atoms with van der Waals surface area (Å²) in [6.07, 6.45) is 2.70. The smallest absolute Gasteiger partial charge is 0.326 e. The highest BCUT2D eigenvalue weighted by Gasteiger charge is 2.25. The van der Waals surface area contributed by atoms with E-state index in [2.05, 4.69) is 17.1 Å². The van der Waals surface area contributed by atoms with Crippen LogP contribution < -0.4 is 5.32 Å². The molecule has 1 aliphatic heterocycles. The van der Waals surface area contributed by atoms with Crippen LogP contribution in [0.1, 0.15) is 40.0 Å². The molecule has 0 aromatic heterocycles. The van der Waals surface area contributed by atoms with Gasteiger partial charge in [0.05, 0.1) is 6.54 Å². The van der Waals surface area contributed by atoms with Gasteiger partial charge in [-0.05, 0) is 38.6 Å². The van der Waals surface area contributed by atoms with E-state index in [1.54, 1.807) is 0 Å². The predicted molar refractivity (Wildman–Crippen MR) is 69.3 cm³/mol. The van der Waals surface area contributed by atoms with Crippen molar-refractivity contribution in [2.45, 2.75) is 52.1 Å². The summed E-state index contributed by atoms with van der Waals surface area (Å²) in [4.78, 5) is 25.0. The molecule has 2 atom stereocenters. The van der Waals surface area contributed by atoms with Gasteiger partial charge in [0.25, 0.3) is 0 Å². The quantitative estimate of drug-likeness (QED) is 0.746. The fourth-order valence-corrected chi connectivity index (χ4v) is 2.34. The zero-order chi connectivity index (χ0) is 13.7. The normalized spacial score (nSPS) is 22.1. The molecule has 2 N–H and O–H groups in total. The summed E-state index contributed by atoms with van der Waals surface area (Å²) < 4.78 is 0. The molecule has 0 aliphatic carbocycles. The molecule has 1 amide bonds. The summed E-state index contributed by atoms with van der Waals surface area (Å²) in [5, 5.41) is 11.7. The Morgan fingerprint density at radius 2 is 2.11 bits per heavy atom. The van der Waals surface area contributed by atoms with Gasteiger partial charge in [0, 0.05) is 6.04 Å². The fourth-order valence-electron chi connectivity index (χ4n) is 2.34. The first-order chi connectivity index (χ1) is 8.40. The average Bonchev–Trinajstić information content (AvgIpc) is 2.62. The standard InChI is InChI=1S/C13H24N2O3/c1-9(2)7-11(13(17)18)14-12(16)8-15-6-4-5-10(15)3/h9-11H,4-8H2,1-3H3,(H,14,16)(H,17,18)/t10-,11-/m1/s1. The van der Waals surface area contributed by atoms with Crippen LogP contribution in [0.25, 0.3) is 0 Å². The lowest BCUT2D eigenvalue weighted by Gasteiger charge is -2.22. The summed E-state index contributed by atoms with van der Waals surface area (Å²) in [5.74, 6) is -0.888. The number of carbonyl (C=O) groups excluding carboxylic acids is 1. The van der Waals surface area contributed by atoms with E-state index >= 15 is 0 Å². The molecule has 0 saturated carbocycles. The van der Waals surface area contributed by atoms with Gasteiger partial charge in [-0.3, -0.25) is 9.69 Å². The van der Waals surface area contributed by atoms with Crippen LogP contribution in [0, 0.1) is 5.92 Å². The number of aliphatic carboxylic acids is 1. The topological polar surface area (TPSA) is 69.6 Å². The molecule has 0 bridgehead atoms. The minimum absolute atomic E-state index is 0.184. The van der Waals surface area contributed by atoms with E-state index in [0.717, 1.165) is 19.4 Å². The van der Waals surface area contributed by atoms with E-state index in [9.17, 15) is 9.59 Å². The highest BCUT2D eigenvalue weighted by molar-refractivity contribution is 5.84. The second-order valence-corrected chi connectivity index (χ2v) is 5.55. The Morgan fingerprint density at radius 3 is 2.56 bits per heavy atom. The summed E-state index contributed by atoms with van der Waals surface area (Å²) in [6, 6.07) is -0.348. The number of amides is 1. The highest BCUT2D eigenvalue weighted by Crippen LogP contribution is 2.15. The van der Waals surface area contributed by atoms with E-state index in [1.165, 1.54) is 0 Å². The second-order valence-electron chi connectivity index (χ2n) is 5.55. The minimum Gasteiger partial charge on any atom is -0.480 e. The number of rotatable bonds is 6. The highest BCUT2D eigenvalue weighted by atomic mass is 16.4. The molecule has 1 heterocycles. The first-order valence-corrected chi connectivity index (χ1v) is 6.66. The molecule has 0 radical (unpaired) electrons. The molecule has 1 aliphatic rings. The molecule has 0 aromatic rings. The summed E-state index contributed by atoms with van der Waals surface area (Å²) in [5.41, 5.74) is 0. The van der Waals surface area contributed by atoms with Gasteiger partial charge >= 0.3 is 5.97 Å². The van der Waals surface area contributed by atoms with E-state index in [1.807, 2.05) is 13.8 Å². The number of carboxylic acids is 1. The van der Waals surface area contributed by atoms with Crippen LogP contribution in [0.3, 0.4) is 0 Å². The maximum absolute atomic E-state index is 11.8. The molecule has 5 nitrogen and oxygen atoms in total. The van der Waals surface area contributed by atoms with E-state index in [-0.39, 0.29) is 11.8 Å². The first-order valence-electron chi connectivity index (χ1n) is 6.66. The van der Waals surface area contributed by atoms with Crippen LogP contribution in [0.15, 0.2) is 0 Å². The minimum atomic E-state index is -0.952. The van der Waals surface area contributed by atoms with Crippen molar-refractivity contribution in [3.63, 3.8) is 0 Å². The van der Waals surface area contributed by atoms with Crippen LogP contribution >= 0.6 is 0 Å². The number of carbonyl (C=O) groups is 2. The molecule has 0 spiro atoms. The Kier molecular flexibility index (Phi) is 5.59. The van der Waals surface area contributed by atoms with E-state index in [4.69, 9.17) is 5.11 Å². The molecular weight excluding hydrogens is 232 g/mol. The number of nitrogens with zero attached hydrogens (tertiary/aromatic N) is 1. The zero-order valence-electron chi connectivity index (χ0n) is 11.5. The van der Waals surface area contributed by atoms with Crippen LogP contribution in [0.5, 0.6) is 0 Å². The second kappa shape index (κ2) is 6.73. The molecule has 18 heavy (non-hydrogen) atoms.